The second-order valence-electron chi connectivity index (χ2n) is 6.72. The lowest BCUT2D eigenvalue weighted by atomic mass is 10.0. The van der Waals surface area contributed by atoms with Gasteiger partial charge in [0.15, 0.2) is 0 Å². The molecule has 1 fully saturated rings. The average Bonchev–Trinajstić information content (AvgIpc) is 3.17. The zero-order chi connectivity index (χ0) is 19.6. The number of benzene rings is 2. The van der Waals surface area contributed by atoms with Crippen molar-refractivity contribution in [3.63, 3.8) is 0 Å². The number of carbonyl (C=O) groups excluding carboxylic acids is 1. The van der Waals surface area contributed by atoms with Gasteiger partial charge in [-0.15, -0.1) is 0 Å². The Morgan fingerprint density at radius 1 is 1.15 bits per heavy atom. The van der Waals surface area contributed by atoms with E-state index in [4.69, 9.17) is 4.74 Å². The monoisotopic (exact) mass is 388 g/mol. The Kier molecular flexibility index (Phi) is 5.53. The topological polar surface area (TPSA) is 66.9 Å². The Hall–Kier alpha value is -2.38. The first-order chi connectivity index (χ1) is 12.9. The molecule has 0 bridgehead atoms. The van der Waals surface area contributed by atoms with Crippen molar-refractivity contribution in [2.75, 3.05) is 27.7 Å². The van der Waals surface area contributed by atoms with E-state index in [0.29, 0.717) is 12.1 Å². The molecule has 1 amide bonds. The van der Waals surface area contributed by atoms with Crippen LogP contribution in [0.3, 0.4) is 0 Å². The van der Waals surface area contributed by atoms with Crippen LogP contribution in [0, 0.1) is 0 Å². The van der Waals surface area contributed by atoms with Crippen LogP contribution in [0.15, 0.2) is 53.4 Å². The third kappa shape index (κ3) is 3.70. The van der Waals surface area contributed by atoms with Gasteiger partial charge in [0.25, 0.3) is 5.91 Å². The van der Waals surface area contributed by atoms with Gasteiger partial charge in [-0.2, -0.15) is 0 Å². The van der Waals surface area contributed by atoms with Crippen LogP contribution in [0.5, 0.6) is 5.75 Å². The van der Waals surface area contributed by atoms with Gasteiger partial charge < -0.3 is 9.64 Å². The van der Waals surface area contributed by atoms with Crippen molar-refractivity contribution in [1.29, 1.82) is 0 Å². The molecule has 1 saturated heterocycles. The Morgan fingerprint density at radius 2 is 1.85 bits per heavy atom. The summed E-state index contributed by atoms with van der Waals surface area (Å²) in [6.45, 7) is 0.653. The minimum Gasteiger partial charge on any atom is -0.495 e. The van der Waals surface area contributed by atoms with Crippen LogP contribution in [0.4, 0.5) is 0 Å². The van der Waals surface area contributed by atoms with Crippen molar-refractivity contribution >= 4 is 15.9 Å². The summed E-state index contributed by atoms with van der Waals surface area (Å²) in [5, 5.41) is 0. The van der Waals surface area contributed by atoms with Gasteiger partial charge in [-0.05, 0) is 36.6 Å². The fourth-order valence-electron chi connectivity index (χ4n) is 3.41. The van der Waals surface area contributed by atoms with Gasteiger partial charge in [-0.3, -0.25) is 4.79 Å². The molecule has 0 spiro atoms. The largest absolute Gasteiger partial charge is 0.495 e. The number of carbonyl (C=O) groups is 1. The van der Waals surface area contributed by atoms with Crippen LogP contribution in [-0.2, 0) is 10.0 Å². The number of hydrogen-bond donors (Lipinski definition) is 0. The molecule has 1 heterocycles. The highest BCUT2D eigenvalue weighted by Crippen LogP contribution is 2.34. The molecule has 0 aliphatic carbocycles. The SMILES string of the molecule is COc1ccc(C(=O)N2CCC[C@H]2c2ccccc2)cc1S(=O)(=O)N(C)C. The summed E-state index contributed by atoms with van der Waals surface area (Å²) in [5.41, 5.74) is 1.44. The van der Waals surface area contributed by atoms with Gasteiger partial charge in [0, 0.05) is 26.2 Å². The van der Waals surface area contributed by atoms with E-state index in [0.717, 1.165) is 22.7 Å². The highest BCUT2D eigenvalue weighted by molar-refractivity contribution is 7.89. The molecular formula is C20H24N2O4S. The summed E-state index contributed by atoms with van der Waals surface area (Å²) in [4.78, 5) is 15.0. The lowest BCUT2D eigenvalue weighted by Gasteiger charge is -2.25. The molecule has 0 aromatic heterocycles. The molecule has 144 valence electrons. The molecule has 3 rings (SSSR count). The Morgan fingerprint density at radius 3 is 2.48 bits per heavy atom. The molecule has 2 aromatic carbocycles. The molecule has 1 aliphatic rings. The maximum absolute atomic E-state index is 13.2. The predicted octanol–water partition coefficient (Wildman–Crippen LogP) is 2.92. The van der Waals surface area contributed by atoms with E-state index in [1.807, 2.05) is 35.2 Å². The van der Waals surface area contributed by atoms with Crippen molar-refractivity contribution in [1.82, 2.24) is 9.21 Å². The van der Waals surface area contributed by atoms with E-state index in [1.165, 1.54) is 33.3 Å². The number of amides is 1. The first-order valence-corrected chi connectivity index (χ1v) is 10.3. The summed E-state index contributed by atoms with van der Waals surface area (Å²) >= 11 is 0. The summed E-state index contributed by atoms with van der Waals surface area (Å²) in [7, 11) is 0.594. The summed E-state index contributed by atoms with van der Waals surface area (Å²) in [5.74, 6) is 0.0560. The fourth-order valence-corrected chi connectivity index (χ4v) is 4.48. The predicted molar refractivity (Wildman–Crippen MR) is 103 cm³/mol. The fraction of sp³-hybridized carbons (Fsp3) is 0.350. The van der Waals surface area contributed by atoms with E-state index < -0.39 is 10.0 Å². The number of likely N-dealkylation sites (tertiary alicyclic amines) is 1. The van der Waals surface area contributed by atoms with Crippen molar-refractivity contribution in [3.05, 3.63) is 59.7 Å². The van der Waals surface area contributed by atoms with Gasteiger partial charge in [0.2, 0.25) is 10.0 Å². The smallest absolute Gasteiger partial charge is 0.254 e. The summed E-state index contributed by atoms with van der Waals surface area (Å²) in [6, 6.07) is 14.5. The molecule has 0 unspecified atom stereocenters. The lowest BCUT2D eigenvalue weighted by molar-refractivity contribution is 0.0735. The molecule has 27 heavy (non-hydrogen) atoms. The van der Waals surface area contributed by atoms with Crippen LogP contribution in [0.25, 0.3) is 0 Å². The van der Waals surface area contributed by atoms with Crippen molar-refractivity contribution in [2.24, 2.45) is 0 Å². The molecule has 7 heteroatoms. The first kappa shape index (κ1) is 19.4. The molecule has 2 aromatic rings. The number of nitrogens with zero attached hydrogens (tertiary/aromatic N) is 2. The zero-order valence-electron chi connectivity index (χ0n) is 15.8. The highest BCUT2D eigenvalue weighted by Gasteiger charge is 2.32. The summed E-state index contributed by atoms with van der Waals surface area (Å²) in [6.07, 6.45) is 1.82. The van der Waals surface area contributed by atoms with Gasteiger partial charge in [0.05, 0.1) is 13.2 Å². The Bertz CT molecular complexity index is 926. The normalized spacial score (nSPS) is 17.3. The number of hydrogen-bond acceptors (Lipinski definition) is 4. The van der Waals surface area contributed by atoms with E-state index >= 15 is 0 Å². The van der Waals surface area contributed by atoms with Crippen molar-refractivity contribution < 1.29 is 17.9 Å². The highest BCUT2D eigenvalue weighted by atomic mass is 32.2. The van der Waals surface area contributed by atoms with Crippen LogP contribution in [-0.4, -0.2) is 51.3 Å². The minimum absolute atomic E-state index is 0.00342. The van der Waals surface area contributed by atoms with Crippen molar-refractivity contribution in [2.45, 2.75) is 23.8 Å². The maximum Gasteiger partial charge on any atom is 0.254 e. The molecular weight excluding hydrogens is 364 g/mol. The number of sulfonamides is 1. The summed E-state index contributed by atoms with van der Waals surface area (Å²) < 4.78 is 31.5. The standard InChI is InChI=1S/C20H24N2O4S/c1-21(2)27(24,25)19-14-16(11-12-18(19)26-3)20(23)22-13-7-10-17(22)15-8-5-4-6-9-15/h4-6,8-9,11-12,14,17H,7,10,13H2,1-3H3/t17-/m0/s1. The first-order valence-electron chi connectivity index (χ1n) is 8.82. The van der Waals surface area contributed by atoms with Crippen LogP contribution < -0.4 is 4.74 Å². The van der Waals surface area contributed by atoms with E-state index in [-0.39, 0.29) is 22.6 Å². The van der Waals surface area contributed by atoms with Crippen LogP contribution in [0.1, 0.15) is 34.8 Å². The van der Waals surface area contributed by atoms with Crippen molar-refractivity contribution in [3.8, 4) is 5.75 Å². The Labute approximate surface area is 160 Å². The zero-order valence-corrected chi connectivity index (χ0v) is 16.6. The lowest BCUT2D eigenvalue weighted by Crippen LogP contribution is -2.31. The molecule has 0 N–H and O–H groups in total. The number of ether oxygens (including phenoxy) is 1. The van der Waals surface area contributed by atoms with Crippen LogP contribution in [0.2, 0.25) is 0 Å². The minimum atomic E-state index is -3.73. The number of methoxy groups -OCH3 is 1. The average molecular weight is 388 g/mol. The second kappa shape index (κ2) is 7.70. The third-order valence-corrected chi connectivity index (χ3v) is 6.70. The molecule has 0 radical (unpaired) electrons. The van der Waals surface area contributed by atoms with E-state index in [9.17, 15) is 13.2 Å². The number of rotatable bonds is 5. The van der Waals surface area contributed by atoms with Gasteiger partial charge in [-0.1, -0.05) is 30.3 Å². The molecule has 1 aliphatic heterocycles. The maximum atomic E-state index is 13.2. The van der Waals surface area contributed by atoms with Gasteiger partial charge in [0.1, 0.15) is 10.6 Å². The van der Waals surface area contributed by atoms with Gasteiger partial charge in [-0.25, -0.2) is 12.7 Å². The van der Waals surface area contributed by atoms with Gasteiger partial charge >= 0.3 is 0 Å². The molecule has 6 nitrogen and oxygen atoms in total. The molecule has 0 saturated carbocycles. The molecule has 1 atom stereocenters. The second-order valence-corrected chi connectivity index (χ2v) is 8.84. The quantitative estimate of drug-likeness (QED) is 0.790. The third-order valence-electron chi connectivity index (χ3n) is 4.87. The van der Waals surface area contributed by atoms with E-state index in [2.05, 4.69) is 0 Å². The van der Waals surface area contributed by atoms with Crippen LogP contribution >= 0.6 is 0 Å². The van der Waals surface area contributed by atoms with E-state index in [1.54, 1.807) is 6.07 Å². The Balaban J connectivity index is 1.98.